The fourth-order valence-electron chi connectivity index (χ4n) is 6.15. The Kier molecular flexibility index (Phi) is 12.1. The predicted octanol–water partition coefficient (Wildman–Crippen LogP) is 3.27. The molecular weight excluding hydrogens is 579 g/mol. The van der Waals surface area contributed by atoms with E-state index in [-0.39, 0.29) is 25.0 Å². The Morgan fingerprint density at radius 2 is 1.58 bits per heavy atom. The summed E-state index contributed by atoms with van der Waals surface area (Å²) in [6.07, 6.45) is 4.92. The van der Waals surface area contributed by atoms with Crippen molar-refractivity contribution in [3.8, 4) is 0 Å². The van der Waals surface area contributed by atoms with Crippen molar-refractivity contribution >= 4 is 31.1 Å². The van der Waals surface area contributed by atoms with Crippen molar-refractivity contribution in [3.05, 3.63) is 35.4 Å². The molecule has 3 heterocycles. The van der Waals surface area contributed by atoms with E-state index in [0.29, 0.717) is 32.4 Å². The summed E-state index contributed by atoms with van der Waals surface area (Å²) >= 11 is 0. The second-order valence-corrected chi connectivity index (χ2v) is 13.8. The number of carbonyl (C=O) groups is 4. The first-order chi connectivity index (χ1) is 21.4. The third-order valence-corrected chi connectivity index (χ3v) is 8.64. The summed E-state index contributed by atoms with van der Waals surface area (Å²) in [7, 11) is -1.77. The van der Waals surface area contributed by atoms with Crippen molar-refractivity contribution in [3.63, 3.8) is 0 Å². The van der Waals surface area contributed by atoms with Gasteiger partial charge in [0.15, 0.2) is 0 Å². The summed E-state index contributed by atoms with van der Waals surface area (Å²) < 4.78 is 11.2. The highest BCUT2D eigenvalue weighted by Gasteiger charge is 2.45. The van der Waals surface area contributed by atoms with Gasteiger partial charge in [-0.1, -0.05) is 90.0 Å². The quantitative estimate of drug-likeness (QED) is 0.370. The normalized spacial score (nSPS) is 25.2. The van der Waals surface area contributed by atoms with Crippen LogP contribution in [0.5, 0.6) is 0 Å². The molecule has 0 bridgehead atoms. The van der Waals surface area contributed by atoms with Gasteiger partial charge in [-0.25, -0.2) is 9.59 Å². The molecule has 0 aliphatic carbocycles. The monoisotopic (exact) mass is 628 g/mol. The molecule has 4 atom stereocenters. The molecule has 2 saturated heterocycles. The molecule has 4 N–H and O–H groups in total. The minimum Gasteiger partial charge on any atom is -0.449 e. The molecule has 2 fully saturated rings. The van der Waals surface area contributed by atoms with E-state index in [0.717, 1.165) is 49.7 Å². The number of ether oxygens (including phenoxy) is 2. The Balaban J connectivity index is 1.52. The van der Waals surface area contributed by atoms with Gasteiger partial charge >= 0.3 is 19.3 Å². The Morgan fingerprint density at radius 1 is 0.978 bits per heavy atom. The fourth-order valence-corrected chi connectivity index (χ4v) is 6.15. The standard InChI is InChI=1S/C32H49BN4O8/c1-32(2,3)21-44-30(40)34-25-15-9-7-5-4-6-8-10-16-27(33(42)43)35-28(38)26-17-24(20-37(26)29(25)39)45-31(41)36-18-22-13-11-12-14-23(22)19-36/h11-14,24-27,42-43H,4-10,15-21H2,1-3H3,(H,34,40)(H,35,38)/t24-,25?,26+,27-/m1/s1. The number of hydrogen-bond acceptors (Lipinski definition) is 8. The van der Waals surface area contributed by atoms with Crippen molar-refractivity contribution in [2.24, 2.45) is 5.41 Å². The number of rotatable bonds is 4. The summed E-state index contributed by atoms with van der Waals surface area (Å²) in [4.78, 5) is 56.6. The highest BCUT2D eigenvalue weighted by molar-refractivity contribution is 6.43. The first kappa shape index (κ1) is 34.6. The summed E-state index contributed by atoms with van der Waals surface area (Å²) in [5.41, 5.74) is 1.82. The van der Waals surface area contributed by atoms with Crippen LogP contribution in [0.1, 0.15) is 96.1 Å². The van der Waals surface area contributed by atoms with E-state index < -0.39 is 55.2 Å². The van der Waals surface area contributed by atoms with Crippen molar-refractivity contribution in [2.45, 2.75) is 122 Å². The summed E-state index contributed by atoms with van der Waals surface area (Å²) in [5, 5.41) is 25.5. The van der Waals surface area contributed by atoms with Crippen molar-refractivity contribution in [2.75, 3.05) is 13.2 Å². The number of hydrogen-bond donors (Lipinski definition) is 4. The molecule has 3 aliphatic heterocycles. The zero-order valence-electron chi connectivity index (χ0n) is 26.8. The Morgan fingerprint density at radius 3 is 2.18 bits per heavy atom. The molecule has 0 radical (unpaired) electrons. The van der Waals surface area contributed by atoms with E-state index in [4.69, 9.17) is 9.47 Å². The van der Waals surface area contributed by atoms with Crippen LogP contribution in [-0.4, -0.2) is 88.2 Å². The molecule has 4 rings (SSSR count). The summed E-state index contributed by atoms with van der Waals surface area (Å²) in [6, 6.07) is 5.79. The Bertz CT molecular complexity index is 1170. The lowest BCUT2D eigenvalue weighted by Gasteiger charge is -2.30. The first-order valence-corrected chi connectivity index (χ1v) is 16.3. The minimum absolute atomic E-state index is 0.0367. The van der Waals surface area contributed by atoms with E-state index in [1.165, 1.54) is 4.90 Å². The minimum atomic E-state index is -1.77. The number of fused-ring (bicyclic) bond motifs is 2. The molecule has 0 spiro atoms. The van der Waals surface area contributed by atoms with E-state index >= 15 is 0 Å². The molecule has 0 saturated carbocycles. The van der Waals surface area contributed by atoms with Gasteiger partial charge in [-0.2, -0.15) is 0 Å². The molecule has 3 aliphatic rings. The van der Waals surface area contributed by atoms with Crippen LogP contribution in [0.2, 0.25) is 0 Å². The van der Waals surface area contributed by atoms with E-state index in [1.807, 2.05) is 45.0 Å². The lowest BCUT2D eigenvalue weighted by Crippen LogP contribution is -2.56. The Hall–Kier alpha value is -3.32. The fraction of sp³-hybridized carbons (Fsp3) is 0.688. The van der Waals surface area contributed by atoms with Crippen LogP contribution in [-0.2, 0) is 32.2 Å². The van der Waals surface area contributed by atoms with Crippen LogP contribution in [0, 0.1) is 5.41 Å². The molecule has 248 valence electrons. The molecule has 1 aromatic carbocycles. The molecule has 45 heavy (non-hydrogen) atoms. The van der Waals surface area contributed by atoms with Gasteiger partial charge in [0.05, 0.1) is 19.1 Å². The highest BCUT2D eigenvalue weighted by atomic mass is 16.6. The smallest absolute Gasteiger partial charge is 0.449 e. The highest BCUT2D eigenvalue weighted by Crippen LogP contribution is 2.27. The van der Waals surface area contributed by atoms with Crippen LogP contribution in [0.4, 0.5) is 9.59 Å². The van der Waals surface area contributed by atoms with Crippen LogP contribution in [0.25, 0.3) is 0 Å². The zero-order chi connectivity index (χ0) is 32.6. The number of nitrogens with zero attached hydrogens (tertiary/aromatic N) is 2. The molecule has 0 aromatic heterocycles. The summed E-state index contributed by atoms with van der Waals surface area (Å²) in [6.45, 7) is 6.75. The average molecular weight is 629 g/mol. The van der Waals surface area contributed by atoms with E-state index in [1.54, 1.807) is 4.90 Å². The molecular formula is C32H49BN4O8. The molecule has 13 heteroatoms. The summed E-state index contributed by atoms with van der Waals surface area (Å²) in [5.74, 6) is -1.94. The second-order valence-electron chi connectivity index (χ2n) is 13.8. The average Bonchev–Trinajstić information content (AvgIpc) is 3.61. The number of carbonyl (C=O) groups excluding carboxylic acids is 4. The van der Waals surface area contributed by atoms with Crippen LogP contribution >= 0.6 is 0 Å². The zero-order valence-corrected chi connectivity index (χ0v) is 26.8. The van der Waals surface area contributed by atoms with E-state index in [9.17, 15) is 29.2 Å². The third kappa shape index (κ3) is 10.1. The number of alkyl carbamates (subject to hydrolysis) is 1. The second kappa shape index (κ2) is 15.8. The van der Waals surface area contributed by atoms with Gasteiger partial charge in [0.2, 0.25) is 11.8 Å². The van der Waals surface area contributed by atoms with Crippen LogP contribution in [0.15, 0.2) is 24.3 Å². The van der Waals surface area contributed by atoms with Gasteiger partial charge < -0.3 is 35.1 Å². The lowest BCUT2D eigenvalue weighted by atomic mass is 9.76. The molecule has 4 amide bonds. The predicted molar refractivity (Wildman–Crippen MR) is 167 cm³/mol. The van der Waals surface area contributed by atoms with Gasteiger partial charge in [0.1, 0.15) is 18.2 Å². The Labute approximate surface area is 266 Å². The van der Waals surface area contributed by atoms with Crippen molar-refractivity contribution < 1.29 is 38.7 Å². The van der Waals surface area contributed by atoms with E-state index in [2.05, 4.69) is 10.6 Å². The van der Waals surface area contributed by atoms with Gasteiger partial charge in [0, 0.05) is 19.5 Å². The molecule has 1 aromatic rings. The van der Waals surface area contributed by atoms with Crippen LogP contribution < -0.4 is 10.6 Å². The lowest BCUT2D eigenvalue weighted by molar-refractivity contribution is -0.140. The van der Waals surface area contributed by atoms with Gasteiger partial charge in [-0.3, -0.25) is 14.5 Å². The number of benzene rings is 1. The maximum absolute atomic E-state index is 14.1. The maximum atomic E-state index is 14.1. The topological polar surface area (TPSA) is 158 Å². The maximum Gasteiger partial charge on any atom is 0.475 e. The van der Waals surface area contributed by atoms with Crippen molar-refractivity contribution in [1.29, 1.82) is 0 Å². The van der Waals surface area contributed by atoms with Gasteiger partial charge in [-0.15, -0.1) is 0 Å². The molecule has 12 nitrogen and oxygen atoms in total. The first-order valence-electron chi connectivity index (χ1n) is 16.3. The van der Waals surface area contributed by atoms with Crippen molar-refractivity contribution in [1.82, 2.24) is 20.4 Å². The number of amides is 4. The largest absolute Gasteiger partial charge is 0.475 e. The van der Waals surface area contributed by atoms with Gasteiger partial charge in [-0.05, 0) is 29.4 Å². The number of nitrogens with one attached hydrogen (secondary N) is 2. The molecule has 1 unspecified atom stereocenters. The van der Waals surface area contributed by atoms with Crippen LogP contribution in [0.3, 0.4) is 0 Å². The SMILES string of the molecule is CC(C)(C)COC(=O)NC1CCCCCCCCC[C@H](B(O)O)NC(=O)[C@@H]2C[C@@H](OC(=O)N3Cc4ccccc4C3)CN2C1=O. The third-order valence-electron chi connectivity index (χ3n) is 8.64. The van der Waals surface area contributed by atoms with Gasteiger partial charge in [0.25, 0.3) is 0 Å².